The number of rotatable bonds is 4. The maximum atomic E-state index is 4.89. The molecule has 0 spiro atoms. The predicted octanol–water partition coefficient (Wildman–Crippen LogP) is 5.58. The number of piperidine rings is 2. The normalized spacial score (nSPS) is 19.4. The van der Waals surface area contributed by atoms with Crippen molar-refractivity contribution in [2.75, 3.05) is 41.3 Å². The molecule has 13 N–H and O–H groups in total. The first-order chi connectivity index (χ1) is 13.9. The first-order valence-corrected chi connectivity index (χ1v) is 11.0. The molecule has 0 saturated carbocycles. The average Bonchev–Trinajstić information content (AvgIpc) is 3.18. The molecule has 2 fully saturated rings. The Balaban J connectivity index is -0.000000640. The average molecular weight is 455 g/mol. The van der Waals surface area contributed by atoms with Crippen molar-refractivity contribution in [1.82, 2.24) is 39.6 Å². The van der Waals surface area contributed by atoms with Gasteiger partial charge in [0.15, 0.2) is 0 Å². The van der Waals surface area contributed by atoms with Crippen molar-refractivity contribution in [1.29, 1.82) is 0 Å². The van der Waals surface area contributed by atoms with Crippen LogP contribution in [0.4, 0.5) is 17.8 Å². The summed E-state index contributed by atoms with van der Waals surface area (Å²) in [7, 11) is 0. The number of benzene rings is 1. The van der Waals surface area contributed by atoms with Crippen LogP contribution in [0.5, 0.6) is 0 Å². The summed E-state index contributed by atoms with van der Waals surface area (Å²) >= 11 is 0. The van der Waals surface area contributed by atoms with Crippen LogP contribution in [0, 0.1) is 0 Å². The Morgan fingerprint density at radius 3 is 1.81 bits per heavy atom. The topological polar surface area (TPSA) is 197 Å². The van der Waals surface area contributed by atoms with E-state index in [1.807, 2.05) is 0 Å². The molecule has 0 radical (unpaired) electrons. The molecular formula is C22H50N10. The van der Waals surface area contributed by atoms with Crippen molar-refractivity contribution in [3.8, 4) is 0 Å². The van der Waals surface area contributed by atoms with E-state index >= 15 is 0 Å². The van der Waals surface area contributed by atoms with E-state index in [-0.39, 0.29) is 30.3 Å². The van der Waals surface area contributed by atoms with Gasteiger partial charge in [-0.1, -0.05) is 24.3 Å². The maximum Gasteiger partial charge on any atom is 0.231 e. The molecule has 1 aromatic carbocycles. The van der Waals surface area contributed by atoms with E-state index in [0.717, 1.165) is 56.9 Å². The summed E-state index contributed by atoms with van der Waals surface area (Å²) in [6.07, 6.45) is 9.75. The Kier molecular flexibility index (Phi) is 10.7. The smallest absolute Gasteiger partial charge is 0.231 e. The van der Waals surface area contributed by atoms with Crippen LogP contribution in [0.3, 0.4) is 0 Å². The molecule has 3 heterocycles. The quantitative estimate of drug-likeness (QED) is 0.388. The molecule has 0 amide bonds. The number of aromatic nitrogens is 3. The molecule has 188 valence electrons. The third-order valence-electron chi connectivity index (χ3n) is 6.33. The lowest BCUT2D eigenvalue weighted by atomic mass is 10.1. The van der Waals surface area contributed by atoms with E-state index in [2.05, 4.69) is 39.4 Å². The molecule has 0 bridgehead atoms. The third kappa shape index (κ3) is 5.83. The summed E-state index contributed by atoms with van der Waals surface area (Å²) < 4.78 is 0. The molecule has 2 aliphatic heterocycles. The van der Waals surface area contributed by atoms with Crippen molar-refractivity contribution in [3.05, 3.63) is 35.4 Å². The van der Waals surface area contributed by atoms with Crippen LogP contribution < -0.4 is 39.7 Å². The lowest BCUT2D eigenvalue weighted by Crippen LogP contribution is -2.34. The number of hydrogen-bond acceptors (Lipinski definition) is 10. The molecule has 2 aromatic rings. The van der Waals surface area contributed by atoms with Gasteiger partial charge in [-0.3, -0.25) is 0 Å². The molecule has 1 aliphatic carbocycles. The Hall–Kier alpha value is -2.53. The van der Waals surface area contributed by atoms with Gasteiger partial charge in [0.1, 0.15) is 0 Å². The summed E-state index contributed by atoms with van der Waals surface area (Å²) in [6.45, 7) is 4.20. The molecule has 3 aliphatic rings. The highest BCUT2D eigenvalue weighted by atomic mass is 15.4. The first kappa shape index (κ1) is 27.5. The largest absolute Gasteiger partial charge is 0.347 e. The number of fused-ring (bicyclic) bond motifs is 1. The molecule has 1 atom stereocenters. The molecule has 1 aromatic heterocycles. The molecule has 32 heavy (non-hydrogen) atoms. The molecule has 5 rings (SSSR count). The number of anilines is 3. The summed E-state index contributed by atoms with van der Waals surface area (Å²) in [5.74, 6) is 2.44. The van der Waals surface area contributed by atoms with E-state index in [0.29, 0.717) is 6.04 Å². The fraction of sp³-hybridized carbons (Fsp3) is 0.591. The van der Waals surface area contributed by atoms with Crippen molar-refractivity contribution < 1.29 is 5.71 Å². The van der Waals surface area contributed by atoms with Gasteiger partial charge in [-0.2, -0.15) is 15.0 Å². The SMILES string of the molecule is N.N.N.N.[HH].[HH].[HH].[HH].c1ccc2c(c1)CCC2Nc1nc(N2CCCCC2)nc(N2CCCCC2)n1. The second-order valence-electron chi connectivity index (χ2n) is 8.29. The third-order valence-corrected chi connectivity index (χ3v) is 6.33. The van der Waals surface area contributed by atoms with Crippen LogP contribution in [0.1, 0.15) is 67.8 Å². The van der Waals surface area contributed by atoms with Gasteiger partial charge in [-0.05, 0) is 62.5 Å². The highest BCUT2D eigenvalue weighted by Crippen LogP contribution is 2.33. The monoisotopic (exact) mass is 454 g/mol. The Labute approximate surface area is 197 Å². The van der Waals surface area contributed by atoms with Crippen molar-refractivity contribution in [2.45, 2.75) is 57.4 Å². The standard InChI is InChI=1S/C22H30N6.4H3N.4H2/c1-5-13-27(14-6-1)21-24-20(25-22(26-21)28-15-7-2-8-16-28)23-19-12-11-17-9-3-4-10-18(17)19;;;;;;;;/h3-4,9-10,19H,1-2,5-8,11-16H2,(H,23,24,25,26);4*1H3;4*1H. The minimum atomic E-state index is 0. The van der Waals surface area contributed by atoms with Gasteiger partial charge in [0, 0.05) is 31.9 Å². The van der Waals surface area contributed by atoms with E-state index in [9.17, 15) is 0 Å². The number of nitrogens with one attached hydrogen (secondary N) is 1. The highest BCUT2D eigenvalue weighted by Gasteiger charge is 2.25. The van der Waals surface area contributed by atoms with Crippen LogP contribution in [-0.4, -0.2) is 41.1 Å². The maximum absolute atomic E-state index is 4.89. The number of aryl methyl sites for hydroxylation is 1. The summed E-state index contributed by atoms with van der Waals surface area (Å²) in [4.78, 5) is 19.3. The van der Waals surface area contributed by atoms with Crippen molar-refractivity contribution >= 4 is 17.8 Å². The van der Waals surface area contributed by atoms with E-state index in [1.165, 1.54) is 49.7 Å². The fourth-order valence-corrected chi connectivity index (χ4v) is 4.75. The summed E-state index contributed by atoms with van der Waals surface area (Å²) in [5, 5.41) is 3.64. The Morgan fingerprint density at radius 1 is 0.719 bits per heavy atom. The lowest BCUT2D eigenvalue weighted by molar-refractivity contribution is 0.556. The zero-order chi connectivity index (χ0) is 18.8. The molecule has 2 saturated heterocycles. The van der Waals surface area contributed by atoms with Crippen LogP contribution in [0.2, 0.25) is 0 Å². The van der Waals surface area contributed by atoms with Crippen LogP contribution >= 0.6 is 0 Å². The zero-order valence-corrected chi connectivity index (χ0v) is 19.4. The van der Waals surface area contributed by atoms with Gasteiger partial charge in [-0.15, -0.1) is 0 Å². The summed E-state index contributed by atoms with van der Waals surface area (Å²) in [5.41, 5.74) is 2.84. The van der Waals surface area contributed by atoms with Gasteiger partial charge in [0.25, 0.3) is 0 Å². The second-order valence-corrected chi connectivity index (χ2v) is 8.29. The first-order valence-electron chi connectivity index (χ1n) is 11.0. The van der Waals surface area contributed by atoms with Crippen LogP contribution in [0.15, 0.2) is 24.3 Å². The minimum absolute atomic E-state index is 0. The number of nitrogens with zero attached hydrogens (tertiary/aromatic N) is 5. The highest BCUT2D eigenvalue weighted by molar-refractivity contribution is 5.48. The molecular weight excluding hydrogens is 404 g/mol. The van der Waals surface area contributed by atoms with Gasteiger partial charge >= 0.3 is 0 Å². The van der Waals surface area contributed by atoms with Crippen molar-refractivity contribution in [3.63, 3.8) is 0 Å². The minimum Gasteiger partial charge on any atom is -0.347 e. The van der Waals surface area contributed by atoms with Crippen LogP contribution in [-0.2, 0) is 6.42 Å². The predicted molar refractivity (Wildman–Crippen MR) is 142 cm³/mol. The Bertz CT molecular complexity index is 800. The van der Waals surface area contributed by atoms with Gasteiger partial charge in [0.2, 0.25) is 17.8 Å². The van der Waals surface area contributed by atoms with E-state index in [1.54, 1.807) is 0 Å². The molecule has 10 nitrogen and oxygen atoms in total. The van der Waals surface area contributed by atoms with Gasteiger partial charge in [-0.25, -0.2) is 0 Å². The molecule has 1 unspecified atom stereocenters. The molecule has 10 heteroatoms. The zero-order valence-electron chi connectivity index (χ0n) is 19.4. The Morgan fingerprint density at radius 2 is 1.25 bits per heavy atom. The van der Waals surface area contributed by atoms with E-state index in [4.69, 9.17) is 15.0 Å². The second kappa shape index (κ2) is 12.5. The van der Waals surface area contributed by atoms with Gasteiger partial charge in [0.05, 0.1) is 6.04 Å². The van der Waals surface area contributed by atoms with Crippen LogP contribution in [0.25, 0.3) is 0 Å². The van der Waals surface area contributed by atoms with Crippen molar-refractivity contribution in [2.24, 2.45) is 0 Å². The lowest BCUT2D eigenvalue weighted by Gasteiger charge is -2.30. The fourth-order valence-electron chi connectivity index (χ4n) is 4.75. The summed E-state index contributed by atoms with van der Waals surface area (Å²) in [6, 6.07) is 9.03. The number of hydrogen-bond donors (Lipinski definition) is 5. The van der Waals surface area contributed by atoms with E-state index < -0.39 is 0 Å². The van der Waals surface area contributed by atoms with Gasteiger partial charge < -0.3 is 39.7 Å².